The molecule has 1 aliphatic rings. The molecule has 32 heavy (non-hydrogen) atoms. The number of carbonyl (C=O) groups is 1. The minimum Gasteiger partial charge on any atom is -0.406 e. The van der Waals surface area contributed by atoms with E-state index in [1.54, 1.807) is 0 Å². The van der Waals surface area contributed by atoms with Crippen LogP contribution in [0.4, 0.5) is 18.9 Å². The van der Waals surface area contributed by atoms with Crippen LogP contribution in [0.3, 0.4) is 0 Å². The second-order valence-electron chi connectivity index (χ2n) is 8.43. The number of alkyl halides is 3. The lowest BCUT2D eigenvalue weighted by Crippen LogP contribution is -2.37. The van der Waals surface area contributed by atoms with Gasteiger partial charge >= 0.3 is 6.36 Å². The Morgan fingerprint density at radius 1 is 1.12 bits per heavy atom. The Labute approximate surface area is 184 Å². The quantitative estimate of drug-likeness (QED) is 0.514. The second kappa shape index (κ2) is 8.86. The molecular weight excluding hydrogens is 419 g/mol. The van der Waals surface area contributed by atoms with Crippen molar-refractivity contribution in [2.75, 3.05) is 18.4 Å². The lowest BCUT2D eigenvalue weighted by atomic mass is 9.88. The third-order valence-electron chi connectivity index (χ3n) is 6.02. The van der Waals surface area contributed by atoms with Gasteiger partial charge in [0.15, 0.2) is 0 Å². The number of anilines is 1. The largest absolute Gasteiger partial charge is 0.573 e. The molecule has 5 nitrogen and oxygen atoms in total. The van der Waals surface area contributed by atoms with Crippen molar-refractivity contribution in [1.82, 2.24) is 9.88 Å². The van der Waals surface area contributed by atoms with Crippen LogP contribution in [0, 0.1) is 0 Å². The van der Waals surface area contributed by atoms with E-state index in [1.807, 2.05) is 18.2 Å². The highest BCUT2D eigenvalue weighted by atomic mass is 19.4. The van der Waals surface area contributed by atoms with Crippen LogP contribution in [0.2, 0.25) is 0 Å². The fourth-order valence-electron chi connectivity index (χ4n) is 4.30. The lowest BCUT2D eigenvalue weighted by Gasteiger charge is -2.34. The van der Waals surface area contributed by atoms with E-state index in [9.17, 15) is 18.0 Å². The Morgan fingerprint density at radius 3 is 2.44 bits per heavy atom. The number of fused-ring (bicyclic) bond motifs is 1. The first-order valence-electron chi connectivity index (χ1n) is 10.7. The summed E-state index contributed by atoms with van der Waals surface area (Å²) in [6.07, 6.45) is -0.521. The summed E-state index contributed by atoms with van der Waals surface area (Å²) in [7, 11) is 0. The van der Waals surface area contributed by atoms with E-state index in [1.165, 1.54) is 17.7 Å². The van der Waals surface area contributed by atoms with Crippen LogP contribution in [-0.4, -0.2) is 41.3 Å². The van der Waals surface area contributed by atoms with E-state index < -0.39 is 12.3 Å². The van der Waals surface area contributed by atoms with Crippen LogP contribution in [0.5, 0.6) is 5.75 Å². The SMILES string of the molecule is CC(C)N1CCC(c2c[nH]c3ccc(NC(=O)c4ccc(OC(F)(F)F)cc4)cc23)CC1. The number of hydrogen-bond donors (Lipinski definition) is 2. The molecule has 2 heterocycles. The molecule has 4 rings (SSSR count). The molecule has 1 aromatic heterocycles. The number of benzene rings is 2. The van der Waals surface area contributed by atoms with Crippen molar-refractivity contribution >= 4 is 22.5 Å². The third-order valence-corrected chi connectivity index (χ3v) is 6.02. The molecule has 1 aliphatic heterocycles. The molecule has 1 fully saturated rings. The summed E-state index contributed by atoms with van der Waals surface area (Å²) in [6, 6.07) is 11.1. The highest BCUT2D eigenvalue weighted by molar-refractivity contribution is 6.05. The number of rotatable bonds is 5. The molecule has 0 saturated carbocycles. The zero-order chi connectivity index (χ0) is 22.9. The Balaban J connectivity index is 1.47. The number of aromatic amines is 1. The van der Waals surface area contributed by atoms with Crippen molar-refractivity contribution in [1.29, 1.82) is 0 Å². The number of nitrogens with one attached hydrogen (secondary N) is 2. The standard InChI is InChI=1S/C24H26F3N3O2/c1-15(2)30-11-9-16(10-12-30)21-14-28-22-8-5-18(13-20(21)22)29-23(31)17-3-6-19(7-4-17)32-24(25,26)27/h3-8,13-16,28H,9-12H2,1-2H3,(H,29,31). The monoisotopic (exact) mass is 445 g/mol. The summed E-state index contributed by atoms with van der Waals surface area (Å²) in [5.74, 6) is -0.299. The number of piperidine rings is 1. The van der Waals surface area contributed by atoms with E-state index in [0.717, 1.165) is 49.0 Å². The predicted molar refractivity (Wildman–Crippen MR) is 118 cm³/mol. The number of hydrogen-bond acceptors (Lipinski definition) is 3. The zero-order valence-electron chi connectivity index (χ0n) is 18.0. The zero-order valence-corrected chi connectivity index (χ0v) is 18.0. The summed E-state index contributed by atoms with van der Waals surface area (Å²) in [4.78, 5) is 18.4. The second-order valence-corrected chi connectivity index (χ2v) is 8.43. The minimum atomic E-state index is -4.77. The molecule has 0 radical (unpaired) electrons. The van der Waals surface area contributed by atoms with Gasteiger partial charge in [-0.25, -0.2) is 0 Å². The number of carbonyl (C=O) groups excluding carboxylic acids is 1. The number of ether oxygens (including phenoxy) is 1. The molecular formula is C24H26F3N3O2. The number of H-pyrrole nitrogens is 1. The van der Waals surface area contributed by atoms with Crippen LogP contribution < -0.4 is 10.1 Å². The van der Waals surface area contributed by atoms with Gasteiger partial charge in [-0.1, -0.05) is 0 Å². The molecule has 1 saturated heterocycles. The summed E-state index contributed by atoms with van der Waals surface area (Å²) < 4.78 is 40.8. The fraction of sp³-hybridized carbons (Fsp3) is 0.375. The third kappa shape index (κ3) is 5.07. The summed E-state index contributed by atoms with van der Waals surface area (Å²) in [5, 5.41) is 3.92. The predicted octanol–water partition coefficient (Wildman–Crippen LogP) is 5.91. The van der Waals surface area contributed by atoms with Gasteiger partial charge in [-0.05, 0) is 93.7 Å². The van der Waals surface area contributed by atoms with Gasteiger partial charge in [0.2, 0.25) is 0 Å². The van der Waals surface area contributed by atoms with Crippen molar-refractivity contribution < 1.29 is 22.7 Å². The van der Waals surface area contributed by atoms with Crippen molar-refractivity contribution in [3.8, 4) is 5.75 Å². The van der Waals surface area contributed by atoms with Gasteiger partial charge in [-0.3, -0.25) is 4.79 Å². The Kier molecular flexibility index (Phi) is 6.15. The van der Waals surface area contributed by atoms with Gasteiger partial charge in [0, 0.05) is 34.4 Å². The minimum absolute atomic E-state index is 0.245. The van der Waals surface area contributed by atoms with Gasteiger partial charge in [-0.2, -0.15) is 0 Å². The Hall–Kier alpha value is -3.00. The molecule has 0 aliphatic carbocycles. The molecule has 0 atom stereocenters. The van der Waals surface area contributed by atoms with E-state index in [4.69, 9.17) is 0 Å². The first-order chi connectivity index (χ1) is 15.2. The smallest absolute Gasteiger partial charge is 0.406 e. The molecule has 0 bridgehead atoms. The number of amides is 1. The van der Waals surface area contributed by atoms with E-state index in [2.05, 4.69) is 40.0 Å². The molecule has 8 heteroatoms. The van der Waals surface area contributed by atoms with Crippen molar-refractivity contribution in [2.45, 2.75) is 45.0 Å². The molecule has 2 aromatic carbocycles. The average molecular weight is 445 g/mol. The van der Waals surface area contributed by atoms with E-state index in [-0.39, 0.29) is 11.3 Å². The van der Waals surface area contributed by atoms with E-state index >= 15 is 0 Å². The van der Waals surface area contributed by atoms with E-state index in [0.29, 0.717) is 17.6 Å². The summed E-state index contributed by atoms with van der Waals surface area (Å²) in [5.41, 5.74) is 3.15. The maximum atomic E-state index is 12.6. The van der Waals surface area contributed by atoms with Gasteiger partial charge in [0.05, 0.1) is 0 Å². The molecule has 0 spiro atoms. The maximum Gasteiger partial charge on any atom is 0.573 e. The van der Waals surface area contributed by atoms with Crippen molar-refractivity contribution in [3.05, 3.63) is 59.8 Å². The van der Waals surface area contributed by atoms with Crippen molar-refractivity contribution in [3.63, 3.8) is 0 Å². The summed E-state index contributed by atoms with van der Waals surface area (Å²) in [6.45, 7) is 6.58. The van der Waals surface area contributed by atoms with Gasteiger partial charge in [0.25, 0.3) is 5.91 Å². The highest BCUT2D eigenvalue weighted by Crippen LogP contribution is 2.35. The first kappa shape index (κ1) is 22.2. The van der Waals surface area contributed by atoms with Crippen molar-refractivity contribution in [2.24, 2.45) is 0 Å². The Morgan fingerprint density at radius 2 is 1.81 bits per heavy atom. The number of halogens is 3. The normalized spacial score (nSPS) is 15.9. The number of aromatic nitrogens is 1. The van der Waals surface area contributed by atoms with Gasteiger partial charge in [-0.15, -0.1) is 13.2 Å². The van der Waals surface area contributed by atoms with Crippen LogP contribution in [0.15, 0.2) is 48.7 Å². The molecule has 2 N–H and O–H groups in total. The molecule has 3 aromatic rings. The number of nitrogens with zero attached hydrogens (tertiary/aromatic N) is 1. The van der Waals surface area contributed by atoms with Crippen LogP contribution in [0.25, 0.3) is 10.9 Å². The summed E-state index contributed by atoms with van der Waals surface area (Å²) >= 11 is 0. The first-order valence-corrected chi connectivity index (χ1v) is 10.7. The van der Waals surface area contributed by atoms with Crippen LogP contribution in [0.1, 0.15) is 48.5 Å². The Bertz CT molecular complexity index is 1080. The molecule has 1 amide bonds. The number of likely N-dealkylation sites (tertiary alicyclic amines) is 1. The topological polar surface area (TPSA) is 57.4 Å². The van der Waals surface area contributed by atoms with Gasteiger partial charge < -0.3 is 19.9 Å². The maximum absolute atomic E-state index is 12.6. The molecule has 0 unspecified atom stereocenters. The molecule has 170 valence electrons. The lowest BCUT2D eigenvalue weighted by molar-refractivity contribution is -0.274. The fourth-order valence-corrected chi connectivity index (χ4v) is 4.30. The van der Waals surface area contributed by atoms with Crippen LogP contribution in [-0.2, 0) is 0 Å². The van der Waals surface area contributed by atoms with Crippen LogP contribution >= 0.6 is 0 Å². The highest BCUT2D eigenvalue weighted by Gasteiger charge is 2.31. The van der Waals surface area contributed by atoms with Gasteiger partial charge in [0.1, 0.15) is 5.75 Å². The average Bonchev–Trinajstić information content (AvgIpc) is 3.16.